The third-order valence-corrected chi connectivity index (χ3v) is 7.66. The maximum Gasteiger partial charge on any atom is 0.337 e. The molecule has 0 aliphatic rings. The summed E-state index contributed by atoms with van der Waals surface area (Å²) >= 11 is 0. The molecule has 0 bridgehead atoms. The van der Waals surface area contributed by atoms with E-state index in [4.69, 9.17) is 14.7 Å². The van der Waals surface area contributed by atoms with Crippen LogP contribution in [0.2, 0.25) is 0 Å². The van der Waals surface area contributed by atoms with E-state index >= 15 is 0 Å². The van der Waals surface area contributed by atoms with E-state index in [2.05, 4.69) is 26.2 Å². The van der Waals surface area contributed by atoms with Gasteiger partial charge in [-0.05, 0) is 70.2 Å². The van der Waals surface area contributed by atoms with Gasteiger partial charge in [0.1, 0.15) is 11.4 Å². The summed E-state index contributed by atoms with van der Waals surface area (Å²) in [6, 6.07) is 17.0. The molecule has 45 heavy (non-hydrogen) atoms. The second-order valence-corrected chi connectivity index (χ2v) is 10.7. The van der Waals surface area contributed by atoms with Crippen molar-refractivity contribution in [2.45, 2.75) is 53.9 Å². The molecular formula is C33H35N9O3. The number of amides is 1. The van der Waals surface area contributed by atoms with E-state index in [1.54, 1.807) is 22.9 Å². The number of hydrogen-bond donors (Lipinski definition) is 1. The van der Waals surface area contributed by atoms with E-state index in [0.29, 0.717) is 48.9 Å². The van der Waals surface area contributed by atoms with E-state index in [-0.39, 0.29) is 5.91 Å². The second kappa shape index (κ2) is 12.2. The molecule has 0 aliphatic carbocycles. The van der Waals surface area contributed by atoms with Crippen LogP contribution in [0.25, 0.3) is 33.6 Å². The fourth-order valence-electron chi connectivity index (χ4n) is 5.57. The zero-order valence-corrected chi connectivity index (χ0v) is 26.0. The van der Waals surface area contributed by atoms with Crippen LogP contribution in [-0.2, 0) is 30.9 Å². The Morgan fingerprint density at radius 1 is 0.822 bits per heavy atom. The number of carbonyl (C=O) groups excluding carboxylic acids is 2. The van der Waals surface area contributed by atoms with Gasteiger partial charge in [0, 0.05) is 26.2 Å². The predicted octanol–water partition coefficient (Wildman–Crippen LogP) is 5.40. The number of nitrogens with zero attached hydrogens (tertiary/aromatic N) is 8. The first-order chi connectivity index (χ1) is 21.8. The lowest BCUT2D eigenvalue weighted by atomic mass is 10.2. The van der Waals surface area contributed by atoms with Crippen molar-refractivity contribution in [2.24, 2.45) is 0 Å². The first-order valence-corrected chi connectivity index (χ1v) is 14.9. The van der Waals surface area contributed by atoms with Gasteiger partial charge in [0.15, 0.2) is 5.82 Å². The number of fused-ring (bicyclic) bond motifs is 2. The van der Waals surface area contributed by atoms with Crippen LogP contribution in [0.4, 0.5) is 5.95 Å². The van der Waals surface area contributed by atoms with Crippen LogP contribution in [0.15, 0.2) is 66.7 Å². The third kappa shape index (κ3) is 5.62. The van der Waals surface area contributed by atoms with Crippen molar-refractivity contribution in [3.63, 3.8) is 0 Å². The number of aryl methyl sites for hydroxylation is 4. The Bertz CT molecular complexity index is 2080. The van der Waals surface area contributed by atoms with Crippen molar-refractivity contribution in [1.82, 2.24) is 38.7 Å². The van der Waals surface area contributed by atoms with Crippen molar-refractivity contribution in [2.75, 3.05) is 12.4 Å². The van der Waals surface area contributed by atoms with Crippen LogP contribution < -0.4 is 5.32 Å². The van der Waals surface area contributed by atoms with Gasteiger partial charge in [-0.25, -0.2) is 14.8 Å². The summed E-state index contributed by atoms with van der Waals surface area (Å²) in [6.07, 6.45) is 4.11. The Hall–Kier alpha value is -5.52. The molecule has 4 heterocycles. The van der Waals surface area contributed by atoms with Gasteiger partial charge in [-0.2, -0.15) is 10.2 Å². The number of esters is 1. The highest BCUT2D eigenvalue weighted by Gasteiger charge is 2.19. The Morgan fingerprint density at radius 3 is 2.27 bits per heavy atom. The molecule has 1 amide bonds. The number of ether oxygens (including phenoxy) is 1. The summed E-state index contributed by atoms with van der Waals surface area (Å²) in [5.41, 5.74) is 6.77. The van der Waals surface area contributed by atoms with Crippen LogP contribution in [0.3, 0.4) is 0 Å². The van der Waals surface area contributed by atoms with Crippen LogP contribution in [0.1, 0.15) is 46.1 Å². The number of allylic oxidation sites excluding steroid dienone is 2. The summed E-state index contributed by atoms with van der Waals surface area (Å²) in [5.74, 6) is 0.538. The fraction of sp³-hybridized carbons (Fsp3) is 0.273. The van der Waals surface area contributed by atoms with E-state index in [9.17, 15) is 9.59 Å². The molecule has 12 heteroatoms. The smallest absolute Gasteiger partial charge is 0.337 e. The van der Waals surface area contributed by atoms with Gasteiger partial charge < -0.3 is 13.9 Å². The minimum Gasteiger partial charge on any atom is -0.465 e. The Balaban J connectivity index is 1.32. The first-order valence-electron chi connectivity index (χ1n) is 14.9. The first kappa shape index (κ1) is 29.5. The van der Waals surface area contributed by atoms with Gasteiger partial charge in [-0.15, -0.1) is 0 Å². The molecular weight excluding hydrogens is 570 g/mol. The van der Waals surface area contributed by atoms with E-state index in [1.165, 1.54) is 7.11 Å². The number of rotatable bonds is 10. The van der Waals surface area contributed by atoms with Gasteiger partial charge in [0.2, 0.25) is 5.95 Å². The quantitative estimate of drug-likeness (QED) is 0.164. The van der Waals surface area contributed by atoms with Crippen molar-refractivity contribution in [1.29, 1.82) is 0 Å². The minimum atomic E-state index is -0.410. The van der Waals surface area contributed by atoms with Crippen molar-refractivity contribution < 1.29 is 14.3 Å². The molecule has 1 N–H and O–H groups in total. The van der Waals surface area contributed by atoms with Gasteiger partial charge in [0.05, 0.1) is 46.1 Å². The van der Waals surface area contributed by atoms with Crippen LogP contribution in [-0.4, -0.2) is 57.6 Å². The average molecular weight is 606 g/mol. The predicted molar refractivity (Wildman–Crippen MR) is 172 cm³/mol. The fourth-order valence-corrected chi connectivity index (χ4v) is 5.57. The Labute approximate surface area is 259 Å². The SMILES string of the molecule is CCn1nc(C)cc1C(=O)Nc1nc2ccccc2n1C/C=C/Cn1c(-c2cc(C)nn2CC)nc2cc(C(=O)OC)ccc21. The van der Waals surface area contributed by atoms with Gasteiger partial charge >= 0.3 is 5.97 Å². The molecule has 2 aromatic carbocycles. The molecule has 0 atom stereocenters. The highest BCUT2D eigenvalue weighted by atomic mass is 16.5. The number of imidazole rings is 2. The molecule has 230 valence electrons. The molecule has 4 aromatic heterocycles. The summed E-state index contributed by atoms with van der Waals surface area (Å²) in [4.78, 5) is 35.1. The molecule has 0 saturated heterocycles. The highest BCUT2D eigenvalue weighted by molar-refractivity contribution is 6.03. The number of aromatic nitrogens is 8. The largest absolute Gasteiger partial charge is 0.465 e. The molecule has 6 rings (SSSR count). The molecule has 12 nitrogen and oxygen atoms in total. The Morgan fingerprint density at radius 2 is 1.51 bits per heavy atom. The zero-order valence-electron chi connectivity index (χ0n) is 26.0. The number of hydrogen-bond acceptors (Lipinski definition) is 7. The monoisotopic (exact) mass is 605 g/mol. The number of benzene rings is 2. The Kier molecular flexibility index (Phi) is 8.03. The zero-order chi connectivity index (χ0) is 31.7. The molecule has 0 saturated carbocycles. The molecule has 0 fully saturated rings. The maximum absolute atomic E-state index is 13.3. The van der Waals surface area contributed by atoms with E-state index in [0.717, 1.165) is 39.5 Å². The highest BCUT2D eigenvalue weighted by Crippen LogP contribution is 2.27. The number of para-hydroxylation sites is 2. The van der Waals surface area contributed by atoms with Crippen LogP contribution in [0, 0.1) is 13.8 Å². The summed E-state index contributed by atoms with van der Waals surface area (Å²) in [7, 11) is 1.37. The maximum atomic E-state index is 13.3. The summed E-state index contributed by atoms with van der Waals surface area (Å²) < 4.78 is 12.6. The molecule has 6 aromatic rings. The van der Waals surface area contributed by atoms with Crippen molar-refractivity contribution in [3.05, 3.63) is 89.4 Å². The number of anilines is 1. The van der Waals surface area contributed by atoms with E-state index in [1.807, 2.05) is 79.4 Å². The normalized spacial score (nSPS) is 11.7. The molecule has 0 spiro atoms. The number of carbonyl (C=O) groups is 2. The summed E-state index contributed by atoms with van der Waals surface area (Å²) in [6.45, 7) is 10.1. The van der Waals surface area contributed by atoms with Crippen LogP contribution in [0.5, 0.6) is 0 Å². The van der Waals surface area contributed by atoms with E-state index < -0.39 is 5.97 Å². The van der Waals surface area contributed by atoms with Crippen LogP contribution >= 0.6 is 0 Å². The minimum absolute atomic E-state index is 0.262. The van der Waals surface area contributed by atoms with Gasteiger partial charge in [-0.3, -0.25) is 19.5 Å². The van der Waals surface area contributed by atoms with Gasteiger partial charge in [-0.1, -0.05) is 24.3 Å². The third-order valence-electron chi connectivity index (χ3n) is 7.66. The lowest BCUT2D eigenvalue weighted by Gasteiger charge is -2.10. The molecule has 0 aliphatic heterocycles. The molecule has 0 unspecified atom stereocenters. The topological polar surface area (TPSA) is 127 Å². The summed E-state index contributed by atoms with van der Waals surface area (Å²) in [5, 5.41) is 12.0. The lowest BCUT2D eigenvalue weighted by Crippen LogP contribution is -2.19. The number of nitrogens with one attached hydrogen (secondary N) is 1. The van der Waals surface area contributed by atoms with Gasteiger partial charge in [0.25, 0.3) is 5.91 Å². The number of methoxy groups -OCH3 is 1. The second-order valence-electron chi connectivity index (χ2n) is 10.7. The average Bonchev–Trinajstić information content (AvgIpc) is 3.80. The standard InChI is InChI=1S/C33H35N9O3/c1-6-41-28(18-21(3)37-41)30-34-25-20-23(32(44)45-5)14-15-27(25)39(30)16-10-11-17-40-26-13-9-8-12-24(26)35-33(40)36-31(43)29-19-22(4)38-42(29)7-2/h8-15,18-20H,6-7,16-17H2,1-5H3,(H,35,36,43)/b11-10+. The lowest BCUT2D eigenvalue weighted by molar-refractivity contribution is 0.0600. The van der Waals surface area contributed by atoms with Crippen molar-refractivity contribution in [3.8, 4) is 11.5 Å². The van der Waals surface area contributed by atoms with Crippen molar-refractivity contribution >= 4 is 39.9 Å². The molecule has 0 radical (unpaired) electrons.